The van der Waals surface area contributed by atoms with E-state index in [1.165, 1.54) is 18.2 Å². The summed E-state index contributed by atoms with van der Waals surface area (Å²) < 4.78 is 0. The van der Waals surface area contributed by atoms with Gasteiger partial charge >= 0.3 is 5.97 Å². The van der Waals surface area contributed by atoms with Crippen molar-refractivity contribution in [2.45, 2.75) is 32.1 Å². The second kappa shape index (κ2) is 8.04. The van der Waals surface area contributed by atoms with Crippen LogP contribution < -0.4 is 5.32 Å². The molecule has 0 spiro atoms. The first-order valence-corrected chi connectivity index (χ1v) is 7.61. The lowest BCUT2D eigenvalue weighted by atomic mass is 10.1. The number of nitrogens with one attached hydrogen (secondary N) is 2. The topological polar surface area (TPSA) is 138 Å². The zero-order valence-electron chi connectivity index (χ0n) is 12.9. The van der Waals surface area contributed by atoms with Crippen LogP contribution in [0.4, 0.5) is 5.69 Å². The van der Waals surface area contributed by atoms with E-state index in [9.17, 15) is 19.7 Å². The van der Waals surface area contributed by atoms with E-state index in [1.54, 1.807) is 0 Å². The Balaban J connectivity index is 1.86. The Morgan fingerprint density at radius 3 is 2.71 bits per heavy atom. The summed E-state index contributed by atoms with van der Waals surface area (Å²) in [6.07, 6.45) is 3.12. The Hall–Kier alpha value is -2.97. The highest BCUT2D eigenvalue weighted by Gasteiger charge is 2.16. The maximum Gasteiger partial charge on any atom is 0.303 e. The zero-order valence-corrected chi connectivity index (χ0v) is 12.9. The number of carboxylic acid groups (broad SMARTS) is 1. The summed E-state index contributed by atoms with van der Waals surface area (Å²) >= 11 is 0. The highest BCUT2D eigenvalue weighted by atomic mass is 16.6. The normalized spacial score (nSPS) is 10.7. The van der Waals surface area contributed by atoms with Gasteiger partial charge in [-0.3, -0.25) is 24.8 Å². The molecule has 2 aromatic rings. The van der Waals surface area contributed by atoms with Crippen LogP contribution in [0.2, 0.25) is 0 Å². The Morgan fingerprint density at radius 2 is 2.00 bits per heavy atom. The number of aromatic nitrogens is 2. The first-order chi connectivity index (χ1) is 11.5. The van der Waals surface area contributed by atoms with Gasteiger partial charge in [0.1, 0.15) is 0 Å². The van der Waals surface area contributed by atoms with Gasteiger partial charge in [0.15, 0.2) is 5.69 Å². The molecule has 0 radical (unpaired) electrons. The van der Waals surface area contributed by atoms with Crippen molar-refractivity contribution in [1.29, 1.82) is 0 Å². The fourth-order valence-electron chi connectivity index (χ4n) is 2.33. The van der Waals surface area contributed by atoms with Crippen molar-refractivity contribution in [1.82, 2.24) is 15.5 Å². The van der Waals surface area contributed by atoms with Crippen molar-refractivity contribution in [3.63, 3.8) is 0 Å². The van der Waals surface area contributed by atoms with Gasteiger partial charge in [-0.15, -0.1) is 0 Å². The number of aliphatic carboxylic acids is 1. The first kappa shape index (κ1) is 17.4. The Bertz CT molecular complexity index is 755. The van der Waals surface area contributed by atoms with Gasteiger partial charge in [0, 0.05) is 30.5 Å². The fourth-order valence-corrected chi connectivity index (χ4v) is 2.33. The van der Waals surface area contributed by atoms with Crippen molar-refractivity contribution >= 4 is 28.5 Å². The molecule has 0 atom stereocenters. The molecule has 0 saturated heterocycles. The van der Waals surface area contributed by atoms with Crippen molar-refractivity contribution in [2.75, 3.05) is 6.54 Å². The molecule has 0 bridgehead atoms. The molecule has 128 valence electrons. The number of carbonyl (C=O) groups excluding carboxylic acids is 1. The SMILES string of the molecule is O=C(O)CCCCCCNC(=O)c1n[nH]c2ccc([N+](=O)[O-])cc12. The summed E-state index contributed by atoms with van der Waals surface area (Å²) in [5.74, 6) is -1.20. The highest BCUT2D eigenvalue weighted by Crippen LogP contribution is 2.22. The van der Waals surface area contributed by atoms with Crippen LogP contribution in [-0.4, -0.2) is 38.6 Å². The third-order valence-corrected chi connectivity index (χ3v) is 3.58. The largest absolute Gasteiger partial charge is 0.481 e. The number of carbonyl (C=O) groups is 2. The number of nitrogens with zero attached hydrogens (tertiary/aromatic N) is 2. The molecule has 9 heteroatoms. The number of nitro groups is 1. The molecule has 1 amide bonds. The molecule has 0 saturated carbocycles. The highest BCUT2D eigenvalue weighted by molar-refractivity contribution is 6.05. The third kappa shape index (κ3) is 4.51. The average Bonchev–Trinajstić information content (AvgIpc) is 2.96. The van der Waals surface area contributed by atoms with Gasteiger partial charge in [-0.1, -0.05) is 12.8 Å². The van der Waals surface area contributed by atoms with Gasteiger partial charge in [-0.25, -0.2) is 0 Å². The quantitative estimate of drug-likeness (QED) is 0.365. The third-order valence-electron chi connectivity index (χ3n) is 3.58. The Morgan fingerprint density at radius 1 is 1.25 bits per heavy atom. The van der Waals surface area contributed by atoms with Crippen LogP contribution in [0.5, 0.6) is 0 Å². The van der Waals surface area contributed by atoms with Crippen LogP contribution in [0.25, 0.3) is 10.9 Å². The zero-order chi connectivity index (χ0) is 17.5. The molecule has 3 N–H and O–H groups in total. The number of H-pyrrole nitrogens is 1. The molecule has 0 fully saturated rings. The maximum atomic E-state index is 12.1. The molecule has 0 aliphatic rings. The van der Waals surface area contributed by atoms with Gasteiger partial charge in [-0.05, 0) is 18.9 Å². The molecule has 9 nitrogen and oxygen atoms in total. The summed E-state index contributed by atoms with van der Waals surface area (Å²) in [6.45, 7) is 0.440. The van der Waals surface area contributed by atoms with Crippen LogP contribution in [0.3, 0.4) is 0 Å². The summed E-state index contributed by atoms with van der Waals surface area (Å²) in [5, 5.41) is 29.1. The van der Waals surface area contributed by atoms with Crippen LogP contribution in [0.15, 0.2) is 18.2 Å². The summed E-state index contributed by atoms with van der Waals surface area (Å²) in [7, 11) is 0. The van der Waals surface area contributed by atoms with E-state index in [0.29, 0.717) is 23.9 Å². The number of rotatable bonds is 9. The second-order valence-electron chi connectivity index (χ2n) is 5.37. The standard InChI is InChI=1S/C15H18N4O5/c20-13(21)5-3-1-2-4-8-16-15(22)14-11-9-10(19(23)24)6-7-12(11)17-18-14/h6-7,9H,1-5,8H2,(H,16,22)(H,17,18)(H,20,21). The van der Waals surface area contributed by atoms with Gasteiger partial charge in [0.2, 0.25) is 0 Å². The fraction of sp³-hybridized carbons (Fsp3) is 0.400. The lowest BCUT2D eigenvalue weighted by Crippen LogP contribution is -2.25. The number of non-ortho nitro benzene ring substituents is 1. The summed E-state index contributed by atoms with van der Waals surface area (Å²) in [6, 6.07) is 4.18. The molecule has 0 aliphatic heterocycles. The van der Waals surface area contributed by atoms with E-state index in [0.717, 1.165) is 19.3 Å². The van der Waals surface area contributed by atoms with Crippen molar-refractivity contribution in [3.8, 4) is 0 Å². The smallest absolute Gasteiger partial charge is 0.303 e. The molecule has 0 unspecified atom stereocenters. The molecule has 1 aromatic carbocycles. The molecule has 1 heterocycles. The average molecular weight is 334 g/mol. The lowest BCUT2D eigenvalue weighted by Gasteiger charge is -2.03. The van der Waals surface area contributed by atoms with Crippen molar-refractivity contribution in [2.24, 2.45) is 0 Å². The first-order valence-electron chi connectivity index (χ1n) is 7.61. The minimum absolute atomic E-state index is 0.101. The Kier molecular flexibility index (Phi) is 5.83. The lowest BCUT2D eigenvalue weighted by molar-refractivity contribution is -0.384. The predicted molar refractivity (Wildman–Crippen MR) is 85.8 cm³/mol. The second-order valence-corrected chi connectivity index (χ2v) is 5.37. The van der Waals surface area contributed by atoms with Crippen LogP contribution in [0, 0.1) is 10.1 Å². The molecule has 24 heavy (non-hydrogen) atoms. The number of benzene rings is 1. The van der Waals surface area contributed by atoms with Gasteiger partial charge < -0.3 is 10.4 Å². The van der Waals surface area contributed by atoms with E-state index in [2.05, 4.69) is 15.5 Å². The van der Waals surface area contributed by atoms with E-state index in [4.69, 9.17) is 5.11 Å². The molecule has 0 aliphatic carbocycles. The minimum Gasteiger partial charge on any atom is -0.481 e. The van der Waals surface area contributed by atoms with E-state index >= 15 is 0 Å². The number of hydrogen-bond acceptors (Lipinski definition) is 5. The summed E-state index contributed by atoms with van der Waals surface area (Å²) in [5.41, 5.74) is 0.579. The van der Waals surface area contributed by atoms with Crippen molar-refractivity contribution < 1.29 is 19.6 Å². The summed E-state index contributed by atoms with van der Waals surface area (Å²) in [4.78, 5) is 32.8. The number of nitro benzene ring substituents is 1. The number of aromatic amines is 1. The van der Waals surface area contributed by atoms with E-state index in [-0.39, 0.29) is 17.8 Å². The Labute approximate surface area is 137 Å². The minimum atomic E-state index is -0.803. The predicted octanol–water partition coefficient (Wildman–Crippen LogP) is 2.24. The van der Waals surface area contributed by atoms with Crippen molar-refractivity contribution in [3.05, 3.63) is 34.0 Å². The number of fused-ring (bicyclic) bond motifs is 1. The number of carboxylic acids is 1. The van der Waals surface area contributed by atoms with Crippen LogP contribution in [-0.2, 0) is 4.79 Å². The van der Waals surface area contributed by atoms with Crippen LogP contribution in [0.1, 0.15) is 42.6 Å². The monoisotopic (exact) mass is 334 g/mol. The van der Waals surface area contributed by atoms with E-state index < -0.39 is 16.8 Å². The molecular weight excluding hydrogens is 316 g/mol. The van der Waals surface area contributed by atoms with Gasteiger partial charge in [0.05, 0.1) is 10.4 Å². The molecule has 2 rings (SSSR count). The number of hydrogen-bond donors (Lipinski definition) is 3. The molecule has 1 aromatic heterocycles. The number of amides is 1. The van der Waals surface area contributed by atoms with Gasteiger partial charge in [-0.2, -0.15) is 5.10 Å². The van der Waals surface area contributed by atoms with Crippen LogP contribution >= 0.6 is 0 Å². The van der Waals surface area contributed by atoms with E-state index in [1.807, 2.05) is 0 Å². The number of unbranched alkanes of at least 4 members (excludes halogenated alkanes) is 3. The van der Waals surface area contributed by atoms with Gasteiger partial charge in [0.25, 0.3) is 11.6 Å². The maximum absolute atomic E-state index is 12.1. The molecular formula is C15H18N4O5.